The Morgan fingerprint density at radius 3 is 2.14 bits per heavy atom. The van der Waals surface area contributed by atoms with Crippen LogP contribution >= 0.6 is 0 Å². The zero-order chi connectivity index (χ0) is 38.6. The highest BCUT2D eigenvalue weighted by Crippen LogP contribution is 2.30. The van der Waals surface area contributed by atoms with Gasteiger partial charge in [0.1, 0.15) is 6.04 Å². The number of rotatable bonds is 20. The molecule has 1 saturated heterocycles. The van der Waals surface area contributed by atoms with Crippen molar-refractivity contribution in [2.75, 3.05) is 34.9 Å². The standard InChI is InChI=1S/C39H69N5O7/c1-13-25(6)34(43(10)39(49)33(24(4)5)42-38(48)32(40-9)23(2)3)30(50-11)22-31(45)44-21-17-20-29(44)36(51-12)26(7)37(47)41-27(8)35(46)28-18-15-14-16-19-28/h14-15,18,23-27,29-30,32-36,40,46H,13,16-17,19-22H2,1-12H3,(H,41,47)(H,42,48)/t25-,26+,27+,29-,30?,32-,33-,34-,35+,36+/m0/s1. The van der Waals surface area contributed by atoms with E-state index in [1.807, 2.05) is 53.7 Å². The second-order valence-electron chi connectivity index (χ2n) is 15.3. The van der Waals surface area contributed by atoms with Crippen molar-refractivity contribution in [1.82, 2.24) is 25.8 Å². The molecule has 2 aliphatic rings. The van der Waals surface area contributed by atoms with Crippen molar-refractivity contribution in [2.24, 2.45) is 23.7 Å². The van der Waals surface area contributed by atoms with Crippen LogP contribution in [0.5, 0.6) is 0 Å². The largest absolute Gasteiger partial charge is 0.387 e. The summed E-state index contributed by atoms with van der Waals surface area (Å²) in [5.74, 6) is -1.56. The van der Waals surface area contributed by atoms with Crippen molar-refractivity contribution in [3.05, 3.63) is 23.8 Å². The van der Waals surface area contributed by atoms with Crippen LogP contribution in [0.3, 0.4) is 0 Å². The first-order valence-corrected chi connectivity index (χ1v) is 19.0. The van der Waals surface area contributed by atoms with Crippen LogP contribution in [0.2, 0.25) is 0 Å². The molecule has 1 aliphatic heterocycles. The number of hydrogen-bond acceptors (Lipinski definition) is 8. The van der Waals surface area contributed by atoms with Crippen LogP contribution in [-0.4, -0.2) is 122 Å². The van der Waals surface area contributed by atoms with Crippen LogP contribution in [-0.2, 0) is 28.7 Å². The summed E-state index contributed by atoms with van der Waals surface area (Å²) < 4.78 is 11.9. The van der Waals surface area contributed by atoms with Crippen LogP contribution in [0.25, 0.3) is 0 Å². The number of nitrogens with one attached hydrogen (secondary N) is 3. The van der Waals surface area contributed by atoms with Crippen LogP contribution in [0.1, 0.15) is 93.9 Å². The second-order valence-corrected chi connectivity index (χ2v) is 15.3. The van der Waals surface area contributed by atoms with Crippen molar-refractivity contribution >= 4 is 23.6 Å². The molecule has 12 heteroatoms. The maximum Gasteiger partial charge on any atom is 0.245 e. The van der Waals surface area contributed by atoms with Gasteiger partial charge in [0.15, 0.2) is 0 Å². The van der Waals surface area contributed by atoms with Crippen LogP contribution in [0.4, 0.5) is 0 Å². The summed E-state index contributed by atoms with van der Waals surface area (Å²) in [6.45, 7) is 15.9. The summed E-state index contributed by atoms with van der Waals surface area (Å²) >= 11 is 0. The normalized spacial score (nSPS) is 21.6. The topological polar surface area (TPSA) is 150 Å². The van der Waals surface area contributed by atoms with Crippen molar-refractivity contribution in [2.45, 2.75) is 142 Å². The van der Waals surface area contributed by atoms with E-state index in [2.05, 4.69) is 22.0 Å². The summed E-state index contributed by atoms with van der Waals surface area (Å²) in [4.78, 5) is 58.3. The molecule has 0 radical (unpaired) electrons. The highest BCUT2D eigenvalue weighted by Gasteiger charge is 2.43. The average Bonchev–Trinajstić information content (AvgIpc) is 3.59. The van der Waals surface area contributed by atoms with E-state index in [-0.39, 0.29) is 53.8 Å². The molecule has 0 aromatic rings. The summed E-state index contributed by atoms with van der Waals surface area (Å²) in [5, 5.41) is 19.9. The van der Waals surface area contributed by atoms with E-state index in [0.717, 1.165) is 31.3 Å². The lowest BCUT2D eigenvalue weighted by atomic mass is 9.89. The number of carbonyl (C=O) groups excluding carboxylic acids is 4. The minimum atomic E-state index is -0.788. The second kappa shape index (κ2) is 21.0. The third-order valence-corrected chi connectivity index (χ3v) is 11.0. The van der Waals surface area contributed by atoms with Crippen molar-refractivity contribution in [3.63, 3.8) is 0 Å². The molecular formula is C39H69N5O7. The van der Waals surface area contributed by atoms with Gasteiger partial charge in [0.25, 0.3) is 0 Å². The lowest BCUT2D eigenvalue weighted by Crippen LogP contribution is -2.59. The fourth-order valence-electron chi connectivity index (χ4n) is 7.67. The number of hydrogen-bond donors (Lipinski definition) is 4. The number of allylic oxidation sites excluding steroid dienone is 3. The third-order valence-electron chi connectivity index (χ3n) is 11.0. The van der Waals surface area contributed by atoms with Gasteiger partial charge in [-0.3, -0.25) is 19.2 Å². The number of carbonyl (C=O) groups is 4. The number of likely N-dealkylation sites (tertiary alicyclic amines) is 1. The Morgan fingerprint density at radius 2 is 1.63 bits per heavy atom. The fourth-order valence-corrected chi connectivity index (χ4v) is 7.67. The van der Waals surface area contributed by atoms with E-state index in [4.69, 9.17) is 9.47 Å². The number of aliphatic hydroxyl groups excluding tert-OH is 1. The molecule has 0 spiro atoms. The summed E-state index contributed by atoms with van der Waals surface area (Å²) in [7, 11) is 6.59. The molecule has 4 N–H and O–H groups in total. The monoisotopic (exact) mass is 720 g/mol. The van der Waals surface area contributed by atoms with Gasteiger partial charge in [0, 0.05) is 27.8 Å². The minimum Gasteiger partial charge on any atom is -0.387 e. The molecule has 0 bridgehead atoms. The van der Waals surface area contributed by atoms with Crippen LogP contribution in [0.15, 0.2) is 23.8 Å². The maximum atomic E-state index is 14.1. The molecule has 0 saturated carbocycles. The van der Waals surface area contributed by atoms with Crippen molar-refractivity contribution in [1.29, 1.82) is 0 Å². The summed E-state index contributed by atoms with van der Waals surface area (Å²) in [6, 6.07) is -2.44. The lowest BCUT2D eigenvalue weighted by Gasteiger charge is -2.41. The molecule has 1 unspecified atom stereocenters. The van der Waals surface area contributed by atoms with Crippen LogP contribution < -0.4 is 16.0 Å². The molecule has 292 valence electrons. The zero-order valence-electron chi connectivity index (χ0n) is 33.4. The number of amides is 4. The molecule has 1 heterocycles. The van der Waals surface area contributed by atoms with E-state index < -0.39 is 48.4 Å². The Bertz CT molecular complexity index is 1210. The smallest absolute Gasteiger partial charge is 0.245 e. The molecule has 51 heavy (non-hydrogen) atoms. The Labute approximate surface area is 307 Å². The molecule has 2 rings (SSSR count). The van der Waals surface area contributed by atoms with Gasteiger partial charge in [-0.25, -0.2) is 0 Å². The van der Waals surface area contributed by atoms with E-state index in [0.29, 0.717) is 13.0 Å². The first-order chi connectivity index (χ1) is 24.0. The predicted molar refractivity (Wildman–Crippen MR) is 201 cm³/mol. The molecule has 4 amide bonds. The van der Waals surface area contributed by atoms with Gasteiger partial charge >= 0.3 is 0 Å². The quantitative estimate of drug-likeness (QED) is 0.150. The zero-order valence-corrected chi connectivity index (χ0v) is 33.4. The molecule has 0 aromatic heterocycles. The Kier molecular flexibility index (Phi) is 18.3. The number of aliphatic hydroxyl groups is 1. The number of nitrogens with zero attached hydrogens (tertiary/aromatic N) is 2. The van der Waals surface area contributed by atoms with E-state index in [9.17, 15) is 24.3 Å². The Balaban J connectivity index is 2.23. The van der Waals surface area contributed by atoms with E-state index >= 15 is 0 Å². The van der Waals surface area contributed by atoms with Gasteiger partial charge in [0.05, 0.1) is 54.8 Å². The van der Waals surface area contributed by atoms with E-state index in [1.54, 1.807) is 52.0 Å². The van der Waals surface area contributed by atoms with Gasteiger partial charge in [-0.15, -0.1) is 0 Å². The van der Waals surface area contributed by atoms with Gasteiger partial charge in [-0.1, -0.05) is 73.1 Å². The predicted octanol–water partition coefficient (Wildman–Crippen LogP) is 3.43. The molecule has 10 atom stereocenters. The number of ether oxygens (including phenoxy) is 2. The first kappa shape index (κ1) is 44.4. The SMILES string of the molecule is CC[C@H](C)[C@@H](C(CC(=O)N1CCC[C@H]1[C@H](OC)[C@@H](C)C(=O)N[C@H](C)[C@@H](O)C1=CC=CCC1)OC)N(C)C(=O)[C@@H](NC(=O)[C@@H](NC)C(C)C)C(C)C. The number of methoxy groups -OCH3 is 2. The van der Waals surface area contributed by atoms with Gasteiger partial charge in [-0.05, 0) is 63.0 Å². The van der Waals surface area contributed by atoms with E-state index in [1.165, 1.54) is 0 Å². The van der Waals surface area contributed by atoms with Crippen molar-refractivity contribution < 1.29 is 33.8 Å². The Hall–Kier alpha value is -2.80. The minimum absolute atomic E-state index is 0.0107. The molecule has 0 aromatic carbocycles. The summed E-state index contributed by atoms with van der Waals surface area (Å²) in [5.41, 5.74) is 0.891. The first-order valence-electron chi connectivity index (χ1n) is 19.0. The lowest BCUT2D eigenvalue weighted by molar-refractivity contribution is -0.148. The number of likely N-dealkylation sites (N-methyl/N-ethyl adjacent to an activating group) is 2. The fraction of sp³-hybridized carbons (Fsp3) is 0.795. The molecule has 1 aliphatic carbocycles. The van der Waals surface area contributed by atoms with Crippen molar-refractivity contribution in [3.8, 4) is 0 Å². The molecule has 1 fully saturated rings. The highest BCUT2D eigenvalue weighted by molar-refractivity contribution is 5.90. The van der Waals surface area contributed by atoms with Crippen LogP contribution in [0, 0.1) is 23.7 Å². The van der Waals surface area contributed by atoms with Gasteiger partial charge in [0.2, 0.25) is 23.6 Å². The third kappa shape index (κ3) is 11.6. The van der Waals surface area contributed by atoms with Gasteiger partial charge in [-0.2, -0.15) is 0 Å². The maximum absolute atomic E-state index is 14.1. The molecular weight excluding hydrogens is 650 g/mol. The Morgan fingerprint density at radius 1 is 0.980 bits per heavy atom. The average molecular weight is 720 g/mol. The highest BCUT2D eigenvalue weighted by atomic mass is 16.5. The van der Waals surface area contributed by atoms with Gasteiger partial charge < -0.3 is 40.3 Å². The molecule has 12 nitrogen and oxygen atoms in total. The summed E-state index contributed by atoms with van der Waals surface area (Å²) in [6.07, 6.45) is 7.77.